The van der Waals surface area contributed by atoms with E-state index in [0.717, 1.165) is 16.9 Å². The molecule has 0 radical (unpaired) electrons. The largest absolute Gasteiger partial charge is 0.497 e. The van der Waals surface area contributed by atoms with Gasteiger partial charge in [-0.1, -0.05) is 36.4 Å². The summed E-state index contributed by atoms with van der Waals surface area (Å²) in [6, 6.07) is 15.9. The predicted octanol–water partition coefficient (Wildman–Crippen LogP) is 2.80. The van der Waals surface area contributed by atoms with E-state index in [9.17, 15) is 4.79 Å². The van der Waals surface area contributed by atoms with Gasteiger partial charge in [-0.05, 0) is 28.8 Å². The van der Waals surface area contributed by atoms with Crippen molar-refractivity contribution in [2.45, 2.75) is 12.5 Å². The highest BCUT2D eigenvalue weighted by Gasteiger charge is 2.31. The van der Waals surface area contributed by atoms with Gasteiger partial charge in [-0.3, -0.25) is 4.79 Å². The molecular formula is C17H17NO2. The number of rotatable bonds is 2. The van der Waals surface area contributed by atoms with Gasteiger partial charge in [0.25, 0.3) is 0 Å². The van der Waals surface area contributed by atoms with Gasteiger partial charge in [-0.2, -0.15) is 0 Å². The number of carbonyl (C=O) groups excluding carboxylic acids is 1. The van der Waals surface area contributed by atoms with Crippen LogP contribution in [0, 0.1) is 0 Å². The summed E-state index contributed by atoms with van der Waals surface area (Å²) in [5.74, 6) is 0.739. The molecule has 0 spiro atoms. The van der Waals surface area contributed by atoms with Gasteiger partial charge in [0, 0.05) is 13.6 Å². The SMILES string of the molecule is COc1ccc(C2C(=O)N(C)Cc3ccccc32)cc1. The number of fused-ring (bicyclic) bond motifs is 1. The minimum atomic E-state index is -0.212. The number of likely N-dealkylation sites (N-methyl/N-ethyl adjacent to an activating group) is 1. The summed E-state index contributed by atoms with van der Waals surface area (Å²) >= 11 is 0. The monoisotopic (exact) mass is 267 g/mol. The maximum Gasteiger partial charge on any atom is 0.234 e. The lowest BCUT2D eigenvalue weighted by Crippen LogP contribution is -2.36. The first kappa shape index (κ1) is 12.7. The molecule has 0 bridgehead atoms. The lowest BCUT2D eigenvalue weighted by molar-refractivity contribution is -0.131. The second-order valence-electron chi connectivity index (χ2n) is 5.10. The minimum absolute atomic E-state index is 0.147. The molecule has 0 N–H and O–H groups in total. The highest BCUT2D eigenvalue weighted by Crippen LogP contribution is 2.34. The Bertz CT molecular complexity index is 634. The molecule has 0 saturated carbocycles. The smallest absolute Gasteiger partial charge is 0.234 e. The zero-order valence-corrected chi connectivity index (χ0v) is 11.7. The van der Waals surface area contributed by atoms with Crippen LogP contribution in [-0.2, 0) is 11.3 Å². The lowest BCUT2D eigenvalue weighted by atomic mass is 9.84. The maximum atomic E-state index is 12.5. The van der Waals surface area contributed by atoms with Crippen molar-refractivity contribution in [2.75, 3.05) is 14.2 Å². The van der Waals surface area contributed by atoms with Crippen molar-refractivity contribution in [3.63, 3.8) is 0 Å². The molecule has 2 aromatic rings. The third kappa shape index (κ3) is 2.05. The van der Waals surface area contributed by atoms with Crippen LogP contribution in [0.5, 0.6) is 5.75 Å². The first-order valence-corrected chi connectivity index (χ1v) is 6.67. The molecular weight excluding hydrogens is 250 g/mol. The van der Waals surface area contributed by atoms with Crippen LogP contribution in [0.15, 0.2) is 48.5 Å². The van der Waals surface area contributed by atoms with Gasteiger partial charge < -0.3 is 9.64 Å². The predicted molar refractivity (Wildman–Crippen MR) is 77.8 cm³/mol. The van der Waals surface area contributed by atoms with Crippen molar-refractivity contribution in [3.05, 3.63) is 65.2 Å². The zero-order chi connectivity index (χ0) is 14.1. The summed E-state index contributed by atoms with van der Waals surface area (Å²) < 4.78 is 5.18. The molecule has 1 aliphatic heterocycles. The van der Waals surface area contributed by atoms with E-state index in [4.69, 9.17) is 4.74 Å². The average molecular weight is 267 g/mol. The second-order valence-corrected chi connectivity index (χ2v) is 5.10. The van der Waals surface area contributed by atoms with Crippen molar-refractivity contribution in [3.8, 4) is 5.75 Å². The van der Waals surface area contributed by atoms with Gasteiger partial charge in [-0.25, -0.2) is 0 Å². The van der Waals surface area contributed by atoms with Crippen LogP contribution < -0.4 is 4.74 Å². The van der Waals surface area contributed by atoms with Gasteiger partial charge in [0.2, 0.25) is 5.91 Å². The number of amides is 1. The molecule has 0 saturated heterocycles. The summed E-state index contributed by atoms with van der Waals surface area (Å²) in [4.78, 5) is 14.3. The first-order valence-electron chi connectivity index (χ1n) is 6.67. The Hall–Kier alpha value is -2.29. The maximum absolute atomic E-state index is 12.5. The van der Waals surface area contributed by atoms with E-state index < -0.39 is 0 Å². The van der Waals surface area contributed by atoms with E-state index in [1.54, 1.807) is 12.0 Å². The number of benzene rings is 2. The number of methoxy groups -OCH3 is 1. The topological polar surface area (TPSA) is 29.5 Å². The Labute approximate surface area is 118 Å². The Morgan fingerprint density at radius 2 is 1.80 bits per heavy atom. The Morgan fingerprint density at radius 3 is 2.50 bits per heavy atom. The van der Waals surface area contributed by atoms with Crippen molar-refractivity contribution >= 4 is 5.91 Å². The molecule has 20 heavy (non-hydrogen) atoms. The third-order valence-corrected chi connectivity index (χ3v) is 3.85. The van der Waals surface area contributed by atoms with Crippen molar-refractivity contribution in [1.82, 2.24) is 4.90 Å². The molecule has 102 valence electrons. The summed E-state index contributed by atoms with van der Waals surface area (Å²) in [6.07, 6.45) is 0. The average Bonchev–Trinajstić information content (AvgIpc) is 2.49. The Morgan fingerprint density at radius 1 is 1.10 bits per heavy atom. The fraction of sp³-hybridized carbons (Fsp3) is 0.235. The molecule has 0 aliphatic carbocycles. The van der Waals surface area contributed by atoms with Crippen LogP contribution >= 0.6 is 0 Å². The van der Waals surface area contributed by atoms with Gasteiger partial charge in [0.15, 0.2) is 0 Å². The number of carbonyl (C=O) groups is 1. The number of hydrogen-bond donors (Lipinski definition) is 0. The molecule has 1 heterocycles. The fourth-order valence-corrected chi connectivity index (χ4v) is 2.77. The Kier molecular flexibility index (Phi) is 3.18. The van der Waals surface area contributed by atoms with Crippen LogP contribution in [0.25, 0.3) is 0 Å². The van der Waals surface area contributed by atoms with E-state index >= 15 is 0 Å². The normalized spacial score (nSPS) is 17.8. The number of nitrogens with zero attached hydrogens (tertiary/aromatic N) is 1. The molecule has 1 amide bonds. The van der Waals surface area contributed by atoms with E-state index in [-0.39, 0.29) is 11.8 Å². The van der Waals surface area contributed by atoms with Crippen LogP contribution in [0.2, 0.25) is 0 Å². The molecule has 2 aromatic carbocycles. The quantitative estimate of drug-likeness (QED) is 0.837. The third-order valence-electron chi connectivity index (χ3n) is 3.85. The zero-order valence-electron chi connectivity index (χ0n) is 11.7. The van der Waals surface area contributed by atoms with E-state index in [2.05, 4.69) is 12.1 Å². The van der Waals surface area contributed by atoms with Gasteiger partial charge in [0.05, 0.1) is 13.0 Å². The van der Waals surface area contributed by atoms with Crippen molar-refractivity contribution in [1.29, 1.82) is 0 Å². The summed E-state index contributed by atoms with van der Waals surface area (Å²) in [7, 11) is 3.50. The van der Waals surface area contributed by atoms with E-state index in [1.165, 1.54) is 5.56 Å². The van der Waals surface area contributed by atoms with Gasteiger partial charge in [0.1, 0.15) is 5.75 Å². The molecule has 3 rings (SSSR count). The van der Waals surface area contributed by atoms with Crippen LogP contribution in [-0.4, -0.2) is 25.0 Å². The molecule has 0 fully saturated rings. The highest BCUT2D eigenvalue weighted by molar-refractivity contribution is 5.89. The van der Waals surface area contributed by atoms with E-state index in [0.29, 0.717) is 6.54 Å². The summed E-state index contributed by atoms with van der Waals surface area (Å²) in [6.45, 7) is 0.682. The highest BCUT2D eigenvalue weighted by atomic mass is 16.5. The van der Waals surface area contributed by atoms with E-state index in [1.807, 2.05) is 43.4 Å². The fourth-order valence-electron chi connectivity index (χ4n) is 2.77. The van der Waals surface area contributed by atoms with Gasteiger partial charge >= 0.3 is 0 Å². The van der Waals surface area contributed by atoms with Crippen LogP contribution in [0.1, 0.15) is 22.6 Å². The summed E-state index contributed by atoms with van der Waals surface area (Å²) in [5, 5.41) is 0. The second kappa shape index (κ2) is 5.00. The molecule has 1 aliphatic rings. The molecule has 3 heteroatoms. The number of ether oxygens (including phenoxy) is 1. The Balaban J connectivity index is 2.08. The molecule has 1 atom stereocenters. The van der Waals surface area contributed by atoms with Crippen LogP contribution in [0.3, 0.4) is 0 Å². The van der Waals surface area contributed by atoms with Crippen molar-refractivity contribution in [2.24, 2.45) is 0 Å². The minimum Gasteiger partial charge on any atom is -0.497 e. The molecule has 0 aromatic heterocycles. The van der Waals surface area contributed by atoms with Gasteiger partial charge in [-0.15, -0.1) is 0 Å². The lowest BCUT2D eigenvalue weighted by Gasteiger charge is -2.32. The number of hydrogen-bond acceptors (Lipinski definition) is 2. The standard InChI is InChI=1S/C17H17NO2/c1-18-11-13-5-3-4-6-15(13)16(17(18)19)12-7-9-14(20-2)10-8-12/h3-10,16H,11H2,1-2H3. The van der Waals surface area contributed by atoms with Crippen molar-refractivity contribution < 1.29 is 9.53 Å². The molecule has 3 nitrogen and oxygen atoms in total. The molecule has 1 unspecified atom stereocenters. The first-order chi connectivity index (χ1) is 9.70. The van der Waals surface area contributed by atoms with Crippen LogP contribution in [0.4, 0.5) is 0 Å². The summed E-state index contributed by atoms with van der Waals surface area (Å²) in [5.41, 5.74) is 3.34.